The highest BCUT2D eigenvalue weighted by atomic mass is 32.1. The molecule has 3 aromatic rings. The fraction of sp³-hybridized carbons (Fsp3) is 0.391. The Balaban J connectivity index is 1.53. The number of carbonyl (C=O) groups excluding carboxylic acids is 1. The molecular formula is C23H26N4O3S. The quantitative estimate of drug-likeness (QED) is 0.575. The van der Waals surface area contributed by atoms with Gasteiger partial charge in [-0.25, -0.2) is 4.98 Å². The summed E-state index contributed by atoms with van der Waals surface area (Å²) < 4.78 is 11.5. The number of amides is 1. The number of aryl methyl sites for hydroxylation is 2. The van der Waals surface area contributed by atoms with Gasteiger partial charge in [0.15, 0.2) is 0 Å². The SMILES string of the molecule is CCc1cnc(-c2cc(OC[C@H]3CCOC3)cc(C(=O)NCc3cnc(C)cn3)c2)s1. The molecule has 1 aliphatic rings. The summed E-state index contributed by atoms with van der Waals surface area (Å²) in [6.45, 7) is 6.36. The standard InChI is InChI=1S/C23H26N4O3S/c1-3-21-12-27-23(31-21)18-6-17(7-20(8-18)30-14-16-4-5-29-13-16)22(28)26-11-19-10-24-15(2)9-25-19/h6-10,12,16H,3-5,11,13-14H2,1-2H3,(H,26,28)/t16-/m0/s1. The predicted octanol–water partition coefficient (Wildman–Crippen LogP) is 3.82. The van der Waals surface area contributed by atoms with Crippen LogP contribution in [0.4, 0.5) is 0 Å². The average Bonchev–Trinajstić information content (AvgIpc) is 3.49. The van der Waals surface area contributed by atoms with Gasteiger partial charge in [0.2, 0.25) is 0 Å². The van der Waals surface area contributed by atoms with E-state index in [4.69, 9.17) is 9.47 Å². The summed E-state index contributed by atoms with van der Waals surface area (Å²) in [5.41, 5.74) is 2.96. The van der Waals surface area contributed by atoms with Gasteiger partial charge in [0.1, 0.15) is 10.8 Å². The van der Waals surface area contributed by atoms with Crippen molar-refractivity contribution in [2.45, 2.75) is 33.2 Å². The van der Waals surface area contributed by atoms with E-state index in [1.165, 1.54) is 4.88 Å². The van der Waals surface area contributed by atoms with Crippen molar-refractivity contribution in [2.75, 3.05) is 19.8 Å². The summed E-state index contributed by atoms with van der Waals surface area (Å²) >= 11 is 1.63. The zero-order valence-electron chi connectivity index (χ0n) is 17.8. The Kier molecular flexibility index (Phi) is 6.89. The lowest BCUT2D eigenvalue weighted by molar-refractivity contribution is 0.0949. The fourth-order valence-corrected chi connectivity index (χ4v) is 4.09. The first kappa shape index (κ1) is 21.4. The Morgan fingerprint density at radius 1 is 1.23 bits per heavy atom. The van der Waals surface area contributed by atoms with Gasteiger partial charge in [-0.3, -0.25) is 14.8 Å². The number of rotatable bonds is 8. The molecule has 3 heterocycles. The lowest BCUT2D eigenvalue weighted by Crippen LogP contribution is -2.23. The van der Waals surface area contributed by atoms with Crippen LogP contribution < -0.4 is 10.1 Å². The minimum atomic E-state index is -0.189. The van der Waals surface area contributed by atoms with Crippen LogP contribution in [0, 0.1) is 12.8 Å². The minimum absolute atomic E-state index is 0.189. The molecular weight excluding hydrogens is 412 g/mol. The molecule has 1 N–H and O–H groups in total. The molecule has 2 aromatic heterocycles. The Morgan fingerprint density at radius 2 is 2.13 bits per heavy atom. The molecule has 0 unspecified atom stereocenters. The molecule has 0 spiro atoms. The van der Waals surface area contributed by atoms with Crippen LogP contribution in [-0.4, -0.2) is 40.7 Å². The summed E-state index contributed by atoms with van der Waals surface area (Å²) in [6, 6.07) is 5.60. The molecule has 0 aliphatic carbocycles. The number of thiazole rings is 1. The molecule has 1 saturated heterocycles. The first-order valence-corrected chi connectivity index (χ1v) is 11.3. The number of nitrogens with one attached hydrogen (secondary N) is 1. The molecule has 7 nitrogen and oxygen atoms in total. The van der Waals surface area contributed by atoms with Crippen LogP contribution in [0.15, 0.2) is 36.8 Å². The zero-order chi connectivity index (χ0) is 21.6. The van der Waals surface area contributed by atoms with Gasteiger partial charge in [-0.05, 0) is 38.0 Å². The Bertz CT molecular complexity index is 1030. The van der Waals surface area contributed by atoms with E-state index in [0.717, 1.165) is 42.3 Å². The molecule has 8 heteroatoms. The summed E-state index contributed by atoms with van der Waals surface area (Å²) in [7, 11) is 0. The molecule has 0 saturated carbocycles. The maximum absolute atomic E-state index is 12.9. The van der Waals surface area contributed by atoms with Gasteiger partial charge in [-0.2, -0.15) is 0 Å². The monoisotopic (exact) mass is 438 g/mol. The second-order valence-corrected chi connectivity index (χ2v) is 8.72. The van der Waals surface area contributed by atoms with Crippen LogP contribution in [0.3, 0.4) is 0 Å². The van der Waals surface area contributed by atoms with Gasteiger partial charge in [0.25, 0.3) is 5.91 Å². The summed E-state index contributed by atoms with van der Waals surface area (Å²) in [6.07, 6.45) is 7.18. The van der Waals surface area contributed by atoms with Crippen molar-refractivity contribution in [1.82, 2.24) is 20.3 Å². The van der Waals surface area contributed by atoms with Crippen LogP contribution in [-0.2, 0) is 17.7 Å². The van der Waals surface area contributed by atoms with Crippen LogP contribution in [0.5, 0.6) is 5.75 Å². The maximum Gasteiger partial charge on any atom is 0.251 e. The molecule has 31 heavy (non-hydrogen) atoms. The van der Waals surface area contributed by atoms with E-state index in [1.807, 2.05) is 25.3 Å². The number of benzene rings is 1. The van der Waals surface area contributed by atoms with Crippen molar-refractivity contribution in [3.05, 3.63) is 58.6 Å². The van der Waals surface area contributed by atoms with Crippen molar-refractivity contribution >= 4 is 17.2 Å². The smallest absolute Gasteiger partial charge is 0.251 e. The van der Waals surface area contributed by atoms with Crippen molar-refractivity contribution in [3.8, 4) is 16.3 Å². The highest BCUT2D eigenvalue weighted by Gasteiger charge is 2.18. The van der Waals surface area contributed by atoms with Crippen molar-refractivity contribution in [3.63, 3.8) is 0 Å². The highest BCUT2D eigenvalue weighted by molar-refractivity contribution is 7.15. The van der Waals surface area contributed by atoms with Gasteiger partial charge in [-0.1, -0.05) is 6.92 Å². The largest absolute Gasteiger partial charge is 0.493 e. The summed E-state index contributed by atoms with van der Waals surface area (Å²) in [5, 5.41) is 3.80. The third kappa shape index (κ3) is 5.65. The molecule has 1 amide bonds. The number of aromatic nitrogens is 3. The number of hydrogen-bond donors (Lipinski definition) is 1. The maximum atomic E-state index is 12.9. The van der Waals surface area contributed by atoms with Gasteiger partial charge < -0.3 is 14.8 Å². The van der Waals surface area contributed by atoms with E-state index in [1.54, 1.807) is 29.8 Å². The summed E-state index contributed by atoms with van der Waals surface area (Å²) in [4.78, 5) is 27.1. The van der Waals surface area contributed by atoms with E-state index in [9.17, 15) is 4.79 Å². The third-order valence-corrected chi connectivity index (χ3v) is 6.28. The normalized spacial score (nSPS) is 15.7. The van der Waals surface area contributed by atoms with E-state index >= 15 is 0 Å². The molecule has 1 fully saturated rings. The predicted molar refractivity (Wildman–Crippen MR) is 119 cm³/mol. The number of carbonyl (C=O) groups is 1. The molecule has 0 radical (unpaired) electrons. The van der Waals surface area contributed by atoms with E-state index in [-0.39, 0.29) is 5.91 Å². The molecule has 1 aromatic carbocycles. The van der Waals surface area contributed by atoms with Gasteiger partial charge in [0.05, 0.1) is 37.3 Å². The van der Waals surface area contributed by atoms with Crippen LogP contribution in [0.25, 0.3) is 10.6 Å². The van der Waals surface area contributed by atoms with Gasteiger partial charge >= 0.3 is 0 Å². The van der Waals surface area contributed by atoms with E-state index in [2.05, 4.69) is 27.2 Å². The van der Waals surface area contributed by atoms with Crippen molar-refractivity contribution < 1.29 is 14.3 Å². The Morgan fingerprint density at radius 3 is 2.84 bits per heavy atom. The lowest BCUT2D eigenvalue weighted by Gasteiger charge is -2.13. The molecule has 162 valence electrons. The van der Waals surface area contributed by atoms with Crippen LogP contribution in [0.2, 0.25) is 0 Å². The molecule has 0 bridgehead atoms. The Labute approximate surface area is 185 Å². The van der Waals surface area contributed by atoms with Crippen molar-refractivity contribution in [1.29, 1.82) is 0 Å². The lowest BCUT2D eigenvalue weighted by atomic mass is 10.1. The zero-order valence-corrected chi connectivity index (χ0v) is 18.6. The first-order chi connectivity index (χ1) is 15.1. The van der Waals surface area contributed by atoms with Crippen LogP contribution >= 0.6 is 11.3 Å². The average molecular weight is 439 g/mol. The fourth-order valence-electron chi connectivity index (χ4n) is 3.25. The highest BCUT2D eigenvalue weighted by Crippen LogP contribution is 2.30. The third-order valence-electron chi connectivity index (χ3n) is 5.09. The number of hydrogen-bond acceptors (Lipinski definition) is 7. The topological polar surface area (TPSA) is 86.2 Å². The number of ether oxygens (including phenoxy) is 2. The van der Waals surface area contributed by atoms with Crippen LogP contribution in [0.1, 0.15) is 40.0 Å². The number of nitrogens with zero attached hydrogens (tertiary/aromatic N) is 3. The second kappa shape index (κ2) is 9.98. The first-order valence-electron chi connectivity index (χ1n) is 10.5. The molecule has 1 atom stereocenters. The van der Waals surface area contributed by atoms with Gasteiger partial charge in [-0.15, -0.1) is 11.3 Å². The van der Waals surface area contributed by atoms with Gasteiger partial charge in [0, 0.05) is 40.9 Å². The van der Waals surface area contributed by atoms with E-state index < -0.39 is 0 Å². The molecule has 1 aliphatic heterocycles. The molecule has 4 rings (SSSR count). The Hall–Kier alpha value is -2.84. The minimum Gasteiger partial charge on any atom is -0.493 e. The van der Waals surface area contributed by atoms with E-state index in [0.29, 0.717) is 36.1 Å². The van der Waals surface area contributed by atoms with Crippen molar-refractivity contribution in [2.24, 2.45) is 5.92 Å². The second-order valence-electron chi connectivity index (χ2n) is 7.60. The summed E-state index contributed by atoms with van der Waals surface area (Å²) in [5.74, 6) is 0.857.